The van der Waals surface area contributed by atoms with Gasteiger partial charge in [0.2, 0.25) is 0 Å². The Morgan fingerprint density at radius 3 is 2.62 bits per heavy atom. The molecule has 3 nitrogen and oxygen atoms in total. The van der Waals surface area contributed by atoms with E-state index in [2.05, 4.69) is 21.2 Å². The highest BCUT2D eigenvalue weighted by molar-refractivity contribution is 9.10. The number of aliphatic hydroxyl groups is 1. The van der Waals surface area contributed by atoms with Crippen LogP contribution in [0.3, 0.4) is 0 Å². The lowest BCUT2D eigenvalue weighted by molar-refractivity contribution is 0.117. The van der Waals surface area contributed by atoms with E-state index in [9.17, 15) is 5.11 Å². The summed E-state index contributed by atoms with van der Waals surface area (Å²) in [5, 5.41) is 13.8. The fourth-order valence-electron chi connectivity index (χ4n) is 1.77. The third-order valence-corrected chi connectivity index (χ3v) is 4.10. The van der Waals surface area contributed by atoms with Crippen molar-refractivity contribution in [3.05, 3.63) is 57.5 Å². The number of nitrogens with one attached hydrogen (secondary N) is 1. The normalized spacial score (nSPS) is 12.0. The van der Waals surface area contributed by atoms with Gasteiger partial charge in [-0.2, -0.15) is 0 Å². The summed E-state index contributed by atoms with van der Waals surface area (Å²) in [5.74, 6) is 0.693. The van der Waals surface area contributed by atoms with Crippen molar-refractivity contribution < 1.29 is 9.84 Å². The summed E-state index contributed by atoms with van der Waals surface area (Å²) >= 11 is 9.26. The van der Waals surface area contributed by atoms with Crippen LogP contribution in [0.5, 0.6) is 5.75 Å². The molecule has 2 rings (SSSR count). The smallest absolute Gasteiger partial charge is 0.119 e. The Morgan fingerprint density at radius 1 is 1.24 bits per heavy atom. The first-order valence-electron chi connectivity index (χ1n) is 6.61. The Balaban J connectivity index is 1.77. The third kappa shape index (κ3) is 5.23. The Kier molecular flexibility index (Phi) is 5.91. The summed E-state index contributed by atoms with van der Waals surface area (Å²) in [5.41, 5.74) is 2.12. The average Bonchev–Trinajstić information content (AvgIpc) is 2.48. The van der Waals surface area contributed by atoms with Crippen molar-refractivity contribution in [1.82, 2.24) is 0 Å². The van der Waals surface area contributed by atoms with Gasteiger partial charge in [0.1, 0.15) is 18.5 Å². The predicted octanol–water partition coefficient (Wildman–Crippen LogP) is 4.26. The average molecular weight is 371 g/mol. The second-order valence-electron chi connectivity index (χ2n) is 4.76. The summed E-state index contributed by atoms with van der Waals surface area (Å²) in [6.07, 6.45) is -0.593. The maximum absolute atomic E-state index is 9.93. The number of hydrogen-bond acceptors (Lipinski definition) is 3. The minimum Gasteiger partial charge on any atom is -0.491 e. The first-order chi connectivity index (χ1) is 10.0. The van der Waals surface area contributed by atoms with Crippen molar-refractivity contribution in [2.24, 2.45) is 0 Å². The van der Waals surface area contributed by atoms with Crippen molar-refractivity contribution in [3.8, 4) is 5.75 Å². The van der Waals surface area contributed by atoms with E-state index in [1.54, 1.807) is 24.3 Å². The van der Waals surface area contributed by atoms with Crippen LogP contribution in [0.1, 0.15) is 5.56 Å². The number of rotatable bonds is 6. The molecule has 2 aromatic carbocycles. The molecule has 0 saturated carbocycles. The van der Waals surface area contributed by atoms with Crippen LogP contribution in [-0.4, -0.2) is 24.4 Å². The molecule has 0 aliphatic heterocycles. The molecule has 1 unspecified atom stereocenters. The standard InChI is InChI=1S/C16H17BrClNO2/c1-11-8-13(4-7-16(11)17)19-9-14(20)10-21-15-5-2-12(18)3-6-15/h2-8,14,19-20H,9-10H2,1H3. The number of halogens is 2. The number of benzene rings is 2. The summed E-state index contributed by atoms with van der Waals surface area (Å²) in [6.45, 7) is 2.67. The molecule has 5 heteroatoms. The molecule has 0 spiro atoms. The second-order valence-corrected chi connectivity index (χ2v) is 6.05. The SMILES string of the molecule is Cc1cc(NCC(O)COc2ccc(Cl)cc2)ccc1Br. The van der Waals surface area contributed by atoms with E-state index in [-0.39, 0.29) is 6.61 Å². The van der Waals surface area contributed by atoms with Gasteiger partial charge in [-0.3, -0.25) is 0 Å². The van der Waals surface area contributed by atoms with Gasteiger partial charge in [-0.25, -0.2) is 0 Å². The molecular formula is C16H17BrClNO2. The molecule has 1 atom stereocenters. The fourth-order valence-corrected chi connectivity index (χ4v) is 2.15. The van der Waals surface area contributed by atoms with E-state index in [0.29, 0.717) is 17.3 Å². The van der Waals surface area contributed by atoms with E-state index in [1.807, 2.05) is 25.1 Å². The Labute approximate surface area is 138 Å². The van der Waals surface area contributed by atoms with E-state index >= 15 is 0 Å². The van der Waals surface area contributed by atoms with E-state index < -0.39 is 6.10 Å². The fraction of sp³-hybridized carbons (Fsp3) is 0.250. The minimum absolute atomic E-state index is 0.226. The molecule has 2 aromatic rings. The van der Waals surface area contributed by atoms with Crippen LogP contribution in [0.15, 0.2) is 46.9 Å². The van der Waals surface area contributed by atoms with Crippen LogP contribution in [0.4, 0.5) is 5.69 Å². The predicted molar refractivity (Wildman–Crippen MR) is 90.3 cm³/mol. The molecular weight excluding hydrogens is 354 g/mol. The molecule has 0 bridgehead atoms. The maximum atomic E-state index is 9.93. The number of anilines is 1. The highest BCUT2D eigenvalue weighted by Crippen LogP contribution is 2.20. The summed E-state index contributed by atoms with van der Waals surface area (Å²) < 4.78 is 6.57. The highest BCUT2D eigenvalue weighted by atomic mass is 79.9. The van der Waals surface area contributed by atoms with Crippen LogP contribution < -0.4 is 10.1 Å². The lowest BCUT2D eigenvalue weighted by Crippen LogP contribution is -2.26. The molecule has 21 heavy (non-hydrogen) atoms. The van der Waals surface area contributed by atoms with Crippen LogP contribution in [0.2, 0.25) is 5.02 Å². The van der Waals surface area contributed by atoms with Gasteiger partial charge in [0, 0.05) is 21.7 Å². The van der Waals surface area contributed by atoms with Crippen molar-refractivity contribution in [2.45, 2.75) is 13.0 Å². The van der Waals surface area contributed by atoms with Gasteiger partial charge < -0.3 is 15.2 Å². The molecule has 112 valence electrons. The van der Waals surface area contributed by atoms with E-state index in [0.717, 1.165) is 15.7 Å². The van der Waals surface area contributed by atoms with Crippen LogP contribution in [-0.2, 0) is 0 Å². The second kappa shape index (κ2) is 7.69. The van der Waals surface area contributed by atoms with Gasteiger partial charge in [0.15, 0.2) is 0 Å². The largest absolute Gasteiger partial charge is 0.491 e. The van der Waals surface area contributed by atoms with Crippen molar-refractivity contribution in [1.29, 1.82) is 0 Å². The summed E-state index contributed by atoms with van der Waals surface area (Å²) in [7, 11) is 0. The number of hydrogen-bond donors (Lipinski definition) is 2. The molecule has 2 N–H and O–H groups in total. The third-order valence-electron chi connectivity index (χ3n) is 2.96. The van der Waals surface area contributed by atoms with Gasteiger partial charge in [0.25, 0.3) is 0 Å². The molecule has 0 aliphatic rings. The van der Waals surface area contributed by atoms with Crippen molar-refractivity contribution in [2.75, 3.05) is 18.5 Å². The molecule has 0 heterocycles. The topological polar surface area (TPSA) is 41.5 Å². The zero-order valence-electron chi connectivity index (χ0n) is 11.6. The zero-order chi connectivity index (χ0) is 15.2. The molecule has 0 aromatic heterocycles. The molecule has 0 radical (unpaired) electrons. The van der Waals surface area contributed by atoms with E-state index in [1.165, 1.54) is 0 Å². The number of aliphatic hydroxyl groups excluding tert-OH is 1. The van der Waals surface area contributed by atoms with Crippen LogP contribution in [0.25, 0.3) is 0 Å². The van der Waals surface area contributed by atoms with Gasteiger partial charge in [-0.1, -0.05) is 27.5 Å². The van der Waals surface area contributed by atoms with Crippen molar-refractivity contribution in [3.63, 3.8) is 0 Å². The first kappa shape index (κ1) is 16.1. The molecule has 0 saturated heterocycles. The highest BCUT2D eigenvalue weighted by Gasteiger charge is 2.06. The maximum Gasteiger partial charge on any atom is 0.119 e. The summed E-state index contributed by atoms with van der Waals surface area (Å²) in [6, 6.07) is 13.0. The van der Waals surface area contributed by atoms with Crippen LogP contribution >= 0.6 is 27.5 Å². The molecule has 0 amide bonds. The molecule has 0 fully saturated rings. The van der Waals surface area contributed by atoms with Gasteiger partial charge >= 0.3 is 0 Å². The Bertz CT molecular complexity index is 589. The van der Waals surface area contributed by atoms with E-state index in [4.69, 9.17) is 16.3 Å². The van der Waals surface area contributed by atoms with Crippen molar-refractivity contribution >= 4 is 33.2 Å². The Hall–Kier alpha value is -1.23. The Morgan fingerprint density at radius 2 is 1.95 bits per heavy atom. The monoisotopic (exact) mass is 369 g/mol. The lowest BCUT2D eigenvalue weighted by atomic mass is 10.2. The molecule has 0 aliphatic carbocycles. The minimum atomic E-state index is -0.593. The number of aryl methyl sites for hydroxylation is 1. The van der Waals surface area contributed by atoms with Gasteiger partial charge in [0.05, 0.1) is 0 Å². The van der Waals surface area contributed by atoms with Gasteiger partial charge in [-0.05, 0) is 55.0 Å². The number of ether oxygens (including phenoxy) is 1. The summed E-state index contributed by atoms with van der Waals surface area (Å²) in [4.78, 5) is 0. The van der Waals surface area contributed by atoms with Gasteiger partial charge in [-0.15, -0.1) is 0 Å². The first-order valence-corrected chi connectivity index (χ1v) is 7.78. The zero-order valence-corrected chi connectivity index (χ0v) is 14.0. The van der Waals surface area contributed by atoms with Crippen LogP contribution in [0, 0.1) is 6.92 Å². The quantitative estimate of drug-likeness (QED) is 0.798. The lowest BCUT2D eigenvalue weighted by Gasteiger charge is -2.14.